The van der Waals surface area contributed by atoms with Crippen molar-refractivity contribution in [2.24, 2.45) is 5.73 Å². The summed E-state index contributed by atoms with van der Waals surface area (Å²) in [6.45, 7) is 0. The summed E-state index contributed by atoms with van der Waals surface area (Å²) in [6, 6.07) is 10.8. The zero-order chi connectivity index (χ0) is 15.0. The fraction of sp³-hybridized carbons (Fsp3) is 0.125. The third kappa shape index (κ3) is 2.48. The Hall–Kier alpha value is -2.04. The van der Waals surface area contributed by atoms with E-state index < -0.39 is 11.9 Å². The van der Waals surface area contributed by atoms with Gasteiger partial charge in [-0.15, -0.1) is 0 Å². The van der Waals surface area contributed by atoms with Crippen molar-refractivity contribution in [1.29, 1.82) is 0 Å². The van der Waals surface area contributed by atoms with E-state index in [1.54, 1.807) is 36.4 Å². The summed E-state index contributed by atoms with van der Waals surface area (Å²) in [5.41, 5.74) is 7.07. The van der Waals surface area contributed by atoms with Crippen LogP contribution in [0.25, 0.3) is 11.0 Å². The van der Waals surface area contributed by atoms with E-state index in [-0.39, 0.29) is 5.56 Å². The van der Waals surface area contributed by atoms with Gasteiger partial charge in [0, 0.05) is 10.4 Å². The zero-order valence-corrected chi connectivity index (χ0v) is 12.0. The van der Waals surface area contributed by atoms with Crippen LogP contribution < -0.4 is 10.5 Å². The average Bonchev–Trinajstić information content (AvgIpc) is 2.89. The first-order chi connectivity index (χ1) is 10.1. The van der Waals surface area contributed by atoms with Gasteiger partial charge in [0.1, 0.15) is 22.9 Å². The number of fused-ring (bicyclic) bond motifs is 1. The summed E-state index contributed by atoms with van der Waals surface area (Å²) in [5, 5.41) is 1.43. The van der Waals surface area contributed by atoms with E-state index in [1.807, 2.05) is 0 Å². The molecule has 1 aromatic heterocycles. The largest absolute Gasteiger partial charge is 0.496 e. The standard InChI is InChI=1S/C16H13ClFNO2/c1-20-13-4-2-3-11(18)15(13)16(19)14-8-9-7-10(17)5-6-12(9)21-14/h2-8,16H,19H2,1H3. The van der Waals surface area contributed by atoms with Crippen LogP contribution in [0.15, 0.2) is 46.9 Å². The lowest BCUT2D eigenvalue weighted by Crippen LogP contribution is -2.14. The van der Waals surface area contributed by atoms with Crippen LogP contribution in [0, 0.1) is 5.82 Å². The highest BCUT2D eigenvalue weighted by atomic mass is 35.5. The Bertz CT molecular complexity index is 800. The predicted molar refractivity (Wildman–Crippen MR) is 80.2 cm³/mol. The number of halogens is 2. The monoisotopic (exact) mass is 305 g/mol. The molecule has 2 N–H and O–H groups in total. The molecule has 5 heteroatoms. The first-order valence-corrected chi connectivity index (χ1v) is 6.75. The summed E-state index contributed by atoms with van der Waals surface area (Å²) in [7, 11) is 1.48. The number of hydrogen-bond donors (Lipinski definition) is 1. The van der Waals surface area contributed by atoms with E-state index >= 15 is 0 Å². The Morgan fingerprint density at radius 3 is 2.81 bits per heavy atom. The van der Waals surface area contributed by atoms with Gasteiger partial charge in [-0.2, -0.15) is 0 Å². The highest BCUT2D eigenvalue weighted by Gasteiger charge is 2.22. The Balaban J connectivity index is 2.10. The third-order valence-corrected chi connectivity index (χ3v) is 3.58. The lowest BCUT2D eigenvalue weighted by atomic mass is 10.0. The number of ether oxygens (including phenoxy) is 1. The predicted octanol–water partition coefficient (Wildman–Crippen LogP) is 4.28. The third-order valence-electron chi connectivity index (χ3n) is 3.35. The number of benzene rings is 2. The van der Waals surface area contributed by atoms with E-state index in [1.165, 1.54) is 13.2 Å². The second-order valence-electron chi connectivity index (χ2n) is 4.66. The quantitative estimate of drug-likeness (QED) is 0.785. The van der Waals surface area contributed by atoms with Gasteiger partial charge in [0.05, 0.1) is 18.7 Å². The summed E-state index contributed by atoms with van der Waals surface area (Å²) in [6.07, 6.45) is 0. The SMILES string of the molecule is COc1cccc(F)c1C(N)c1cc2cc(Cl)ccc2o1. The molecule has 0 aliphatic heterocycles. The molecule has 0 fully saturated rings. The molecule has 1 heterocycles. The molecule has 2 aromatic carbocycles. The highest BCUT2D eigenvalue weighted by molar-refractivity contribution is 6.31. The molecule has 0 amide bonds. The van der Waals surface area contributed by atoms with Crippen LogP contribution in [-0.2, 0) is 0 Å². The lowest BCUT2D eigenvalue weighted by Gasteiger charge is -2.14. The summed E-state index contributed by atoms with van der Waals surface area (Å²) in [5.74, 6) is 0.414. The van der Waals surface area contributed by atoms with Crippen molar-refractivity contribution in [2.75, 3.05) is 7.11 Å². The fourth-order valence-corrected chi connectivity index (χ4v) is 2.51. The molecule has 0 spiro atoms. The van der Waals surface area contributed by atoms with E-state index in [0.717, 1.165) is 5.39 Å². The van der Waals surface area contributed by atoms with Crippen LogP contribution in [0.1, 0.15) is 17.4 Å². The average molecular weight is 306 g/mol. The molecular formula is C16H13ClFNO2. The molecular weight excluding hydrogens is 293 g/mol. The second-order valence-corrected chi connectivity index (χ2v) is 5.10. The fourth-order valence-electron chi connectivity index (χ4n) is 2.33. The summed E-state index contributed by atoms with van der Waals surface area (Å²) >= 11 is 5.94. The first-order valence-electron chi connectivity index (χ1n) is 6.37. The lowest BCUT2D eigenvalue weighted by molar-refractivity contribution is 0.397. The Labute approximate surface area is 126 Å². The maximum absolute atomic E-state index is 14.1. The van der Waals surface area contributed by atoms with E-state index in [4.69, 9.17) is 26.5 Å². The number of hydrogen-bond acceptors (Lipinski definition) is 3. The first kappa shape index (κ1) is 13.9. The summed E-state index contributed by atoms with van der Waals surface area (Å²) in [4.78, 5) is 0. The summed E-state index contributed by atoms with van der Waals surface area (Å²) < 4.78 is 24.9. The Kier molecular flexibility index (Phi) is 3.57. The molecule has 0 radical (unpaired) electrons. The number of nitrogens with two attached hydrogens (primary N) is 1. The molecule has 0 aliphatic rings. The minimum Gasteiger partial charge on any atom is -0.496 e. The molecule has 0 bridgehead atoms. The van der Waals surface area contributed by atoms with Crippen LogP contribution >= 0.6 is 11.6 Å². The van der Waals surface area contributed by atoms with Gasteiger partial charge in [-0.3, -0.25) is 0 Å². The number of rotatable bonds is 3. The Morgan fingerprint density at radius 2 is 2.05 bits per heavy atom. The number of furan rings is 1. The van der Waals surface area contributed by atoms with Crippen molar-refractivity contribution in [3.63, 3.8) is 0 Å². The van der Waals surface area contributed by atoms with Crippen molar-refractivity contribution in [3.05, 3.63) is 64.6 Å². The van der Waals surface area contributed by atoms with Crippen LogP contribution in [0.4, 0.5) is 4.39 Å². The van der Waals surface area contributed by atoms with Gasteiger partial charge in [-0.1, -0.05) is 17.7 Å². The van der Waals surface area contributed by atoms with E-state index in [2.05, 4.69) is 0 Å². The van der Waals surface area contributed by atoms with Gasteiger partial charge in [0.15, 0.2) is 0 Å². The van der Waals surface area contributed by atoms with Crippen LogP contribution in [-0.4, -0.2) is 7.11 Å². The van der Waals surface area contributed by atoms with Crippen molar-refractivity contribution >= 4 is 22.6 Å². The molecule has 3 nitrogen and oxygen atoms in total. The van der Waals surface area contributed by atoms with Gasteiger partial charge >= 0.3 is 0 Å². The van der Waals surface area contributed by atoms with Crippen molar-refractivity contribution in [3.8, 4) is 5.75 Å². The van der Waals surface area contributed by atoms with Gasteiger partial charge < -0.3 is 14.9 Å². The highest BCUT2D eigenvalue weighted by Crippen LogP contribution is 2.33. The molecule has 0 saturated carbocycles. The molecule has 0 saturated heterocycles. The molecule has 0 aliphatic carbocycles. The molecule has 3 aromatic rings. The minimum atomic E-state index is -0.757. The smallest absolute Gasteiger partial charge is 0.134 e. The zero-order valence-electron chi connectivity index (χ0n) is 11.3. The van der Waals surface area contributed by atoms with Crippen molar-refractivity contribution in [2.45, 2.75) is 6.04 Å². The maximum Gasteiger partial charge on any atom is 0.134 e. The molecule has 3 rings (SSSR count). The van der Waals surface area contributed by atoms with Gasteiger partial charge in [0.2, 0.25) is 0 Å². The normalized spacial score (nSPS) is 12.6. The molecule has 108 valence electrons. The maximum atomic E-state index is 14.1. The second kappa shape index (κ2) is 5.39. The van der Waals surface area contributed by atoms with E-state index in [9.17, 15) is 4.39 Å². The van der Waals surface area contributed by atoms with Crippen LogP contribution in [0.5, 0.6) is 5.75 Å². The molecule has 1 atom stereocenters. The van der Waals surface area contributed by atoms with Gasteiger partial charge in [-0.25, -0.2) is 4.39 Å². The minimum absolute atomic E-state index is 0.269. The van der Waals surface area contributed by atoms with Crippen molar-refractivity contribution < 1.29 is 13.5 Å². The van der Waals surface area contributed by atoms with Crippen LogP contribution in [0.2, 0.25) is 5.02 Å². The van der Waals surface area contributed by atoms with Crippen LogP contribution in [0.3, 0.4) is 0 Å². The van der Waals surface area contributed by atoms with Crippen molar-refractivity contribution in [1.82, 2.24) is 0 Å². The molecule has 21 heavy (non-hydrogen) atoms. The molecule has 1 unspecified atom stereocenters. The van der Waals surface area contributed by atoms with Gasteiger partial charge in [0.25, 0.3) is 0 Å². The Morgan fingerprint density at radius 1 is 1.24 bits per heavy atom. The topological polar surface area (TPSA) is 48.4 Å². The van der Waals surface area contributed by atoms with Gasteiger partial charge in [-0.05, 0) is 36.4 Å². The van der Waals surface area contributed by atoms with E-state index in [0.29, 0.717) is 22.1 Å². The number of methoxy groups -OCH3 is 1.